The van der Waals surface area contributed by atoms with Crippen LogP contribution < -0.4 is 24.8 Å². The van der Waals surface area contributed by atoms with E-state index in [9.17, 15) is 0 Å². The molecule has 0 unspecified atom stereocenters. The van der Waals surface area contributed by atoms with Gasteiger partial charge in [0.15, 0.2) is 0 Å². The van der Waals surface area contributed by atoms with Gasteiger partial charge in [-0.15, -0.1) is 22.7 Å². The third-order valence-electron chi connectivity index (χ3n) is 14.2. The zero-order chi connectivity index (χ0) is 43.9. The highest BCUT2D eigenvalue weighted by molar-refractivity contribution is 7.40. The number of nitrogens with zero attached hydrogens (tertiary/aromatic N) is 2. The summed E-state index contributed by atoms with van der Waals surface area (Å²) in [6.45, 7) is 18.7. The highest BCUT2D eigenvalue weighted by atomic mass is 32.1. The third-order valence-corrected chi connectivity index (χ3v) is 16.7. The smallest absolute Gasteiger partial charge is 0.277 e. The van der Waals surface area contributed by atoms with E-state index in [-0.39, 0.29) is 23.0 Å². The molecule has 3 aliphatic rings. The largest absolute Gasteiger partial charge is 0.310 e. The molecule has 12 rings (SSSR count). The molecule has 7 aromatic carbocycles. The first-order valence-electron chi connectivity index (χ1n) is 22.7. The summed E-state index contributed by atoms with van der Waals surface area (Å²) in [7, 11) is 0. The predicted octanol–water partition coefficient (Wildman–Crippen LogP) is 15.3. The van der Waals surface area contributed by atoms with Crippen LogP contribution in [0.4, 0.5) is 34.1 Å². The lowest BCUT2D eigenvalue weighted by Crippen LogP contribution is -2.59. The number of fused-ring (bicyclic) bond motifs is 9. The van der Waals surface area contributed by atoms with Crippen LogP contribution in [-0.2, 0) is 16.2 Å². The van der Waals surface area contributed by atoms with Crippen molar-refractivity contribution < 1.29 is 0 Å². The number of thiophene rings is 2. The molecule has 0 atom stereocenters. The van der Waals surface area contributed by atoms with Crippen LogP contribution in [0.3, 0.4) is 0 Å². The maximum Gasteiger partial charge on any atom is 0.277 e. The Labute approximate surface area is 386 Å². The van der Waals surface area contributed by atoms with Gasteiger partial charge in [-0.25, -0.2) is 0 Å². The molecule has 4 heterocycles. The highest BCUT2D eigenvalue weighted by Gasteiger charge is 2.48. The topological polar surface area (TPSA) is 6.48 Å². The predicted molar refractivity (Wildman–Crippen MR) is 280 cm³/mol. The molecule has 1 aliphatic carbocycles. The van der Waals surface area contributed by atoms with E-state index < -0.39 is 0 Å². The lowest BCUT2D eigenvalue weighted by Gasteiger charge is -2.42. The fourth-order valence-corrected chi connectivity index (χ4v) is 13.7. The van der Waals surface area contributed by atoms with Crippen molar-refractivity contribution in [1.82, 2.24) is 0 Å². The lowest BCUT2D eigenvalue weighted by atomic mass is 9.39. The Morgan fingerprint density at radius 2 is 1.02 bits per heavy atom. The molecule has 5 heteroatoms. The van der Waals surface area contributed by atoms with Gasteiger partial charge >= 0.3 is 0 Å². The summed E-state index contributed by atoms with van der Waals surface area (Å²) in [5.74, 6) is 0. The molecule has 0 radical (unpaired) electrons. The van der Waals surface area contributed by atoms with Crippen LogP contribution in [0.1, 0.15) is 77.6 Å². The highest BCUT2D eigenvalue weighted by Crippen LogP contribution is 2.56. The molecular formula is C59H51BN2S2. The molecule has 9 aromatic rings. The van der Waals surface area contributed by atoms with E-state index in [2.05, 4.69) is 229 Å². The summed E-state index contributed by atoms with van der Waals surface area (Å²) in [6.07, 6.45) is 0. The number of rotatable bonds is 4. The summed E-state index contributed by atoms with van der Waals surface area (Å²) in [4.78, 5) is 6.53. The maximum absolute atomic E-state index is 2.62. The summed E-state index contributed by atoms with van der Waals surface area (Å²) in [5.41, 5.74) is 20.8. The normalized spacial score (nSPS) is 14.6. The molecule has 0 saturated carbocycles. The van der Waals surface area contributed by atoms with E-state index in [0.717, 1.165) is 0 Å². The zero-order valence-corrected chi connectivity index (χ0v) is 39.5. The quantitative estimate of drug-likeness (QED) is 0.163. The van der Waals surface area contributed by atoms with Gasteiger partial charge in [0.25, 0.3) is 6.71 Å². The Bertz CT molecular complexity index is 3310. The molecule has 64 heavy (non-hydrogen) atoms. The van der Waals surface area contributed by atoms with Gasteiger partial charge in [0.05, 0.1) is 11.4 Å². The van der Waals surface area contributed by atoms with Crippen LogP contribution in [0.25, 0.3) is 42.8 Å². The van der Waals surface area contributed by atoms with Gasteiger partial charge in [-0.1, -0.05) is 171 Å². The number of hydrogen-bond acceptors (Lipinski definition) is 4. The molecule has 0 amide bonds. The van der Waals surface area contributed by atoms with Gasteiger partial charge < -0.3 is 9.80 Å². The molecule has 312 valence electrons. The van der Waals surface area contributed by atoms with Gasteiger partial charge in [0.2, 0.25) is 0 Å². The number of hydrogen-bond donors (Lipinski definition) is 0. The van der Waals surface area contributed by atoms with Crippen molar-refractivity contribution in [2.24, 2.45) is 0 Å². The summed E-state index contributed by atoms with van der Waals surface area (Å²) < 4.78 is 4.15. The summed E-state index contributed by atoms with van der Waals surface area (Å²) >= 11 is 4.00. The number of benzene rings is 7. The van der Waals surface area contributed by atoms with E-state index in [0.29, 0.717) is 0 Å². The van der Waals surface area contributed by atoms with Crippen LogP contribution in [0.5, 0.6) is 0 Å². The molecule has 2 aromatic heterocycles. The molecule has 2 nitrogen and oxygen atoms in total. The van der Waals surface area contributed by atoms with Crippen LogP contribution in [0.15, 0.2) is 164 Å². The van der Waals surface area contributed by atoms with Crippen LogP contribution in [-0.4, -0.2) is 6.71 Å². The standard InChI is InChI=1S/C59H51BN2S2/c1-57(2,3)38-26-30-40(31-27-38)61-47-24-17-25-48-51(47)60(55-52(61)44-34-43-42-22-15-16-23-45(42)59(7,8)46(43)35-49(44)63-55)56-53(62(48)41-32-28-39(29-33-41)58(4,5)6)50(36-18-11-9-12-19-36)54(64-56)37-20-13-10-14-21-37/h9-35H,1-8H3. The lowest BCUT2D eigenvalue weighted by molar-refractivity contribution is 0.590. The molecule has 2 aliphatic heterocycles. The minimum atomic E-state index is -0.0901. The Balaban J connectivity index is 1.20. The molecule has 0 saturated heterocycles. The third kappa shape index (κ3) is 5.76. The van der Waals surface area contributed by atoms with Gasteiger partial charge in [0, 0.05) is 58.2 Å². The Hall–Kier alpha value is -6.14. The first-order chi connectivity index (χ1) is 30.8. The number of anilines is 6. The van der Waals surface area contributed by atoms with Crippen LogP contribution >= 0.6 is 22.7 Å². The van der Waals surface area contributed by atoms with E-state index in [1.165, 1.54) is 114 Å². The average molecular weight is 863 g/mol. The summed E-state index contributed by atoms with van der Waals surface area (Å²) in [5, 5.41) is 1.33. The minimum Gasteiger partial charge on any atom is -0.310 e. The van der Waals surface area contributed by atoms with Gasteiger partial charge in [-0.05, 0) is 109 Å². The van der Waals surface area contributed by atoms with Crippen molar-refractivity contribution in [1.29, 1.82) is 0 Å². The SMILES string of the molecule is CC(C)(C)c1ccc(N2c3cccc4c3B(c3sc(-c5ccccc5)c(-c5ccccc5)c32)c2sc3cc5c(cc3c2N4c2ccc(C(C)(C)C)cc2)-c2ccccc2C5(C)C)cc1. The van der Waals surface area contributed by atoms with E-state index in [4.69, 9.17) is 0 Å². The molecule has 0 spiro atoms. The van der Waals surface area contributed by atoms with Gasteiger partial charge in [0.1, 0.15) is 0 Å². The first kappa shape index (κ1) is 39.5. The monoisotopic (exact) mass is 862 g/mol. The molecule has 0 N–H and O–H groups in total. The van der Waals surface area contributed by atoms with Crippen molar-refractivity contribution in [3.05, 3.63) is 186 Å². The average Bonchev–Trinajstić information content (AvgIpc) is 3.94. The molecule has 0 bridgehead atoms. The Morgan fingerprint density at radius 1 is 0.484 bits per heavy atom. The van der Waals surface area contributed by atoms with Gasteiger partial charge in [-0.2, -0.15) is 0 Å². The van der Waals surface area contributed by atoms with Crippen molar-refractivity contribution in [2.45, 2.75) is 71.6 Å². The zero-order valence-electron chi connectivity index (χ0n) is 37.9. The summed E-state index contributed by atoms with van der Waals surface area (Å²) in [6, 6.07) is 62.3. The van der Waals surface area contributed by atoms with E-state index in [1.807, 2.05) is 22.7 Å². The minimum absolute atomic E-state index is 0.0314. The second-order valence-corrected chi connectivity index (χ2v) is 22.7. The van der Waals surface area contributed by atoms with Crippen LogP contribution in [0.2, 0.25) is 0 Å². The fourth-order valence-electron chi connectivity index (χ4n) is 10.9. The molecular weight excluding hydrogens is 812 g/mol. The van der Waals surface area contributed by atoms with Crippen molar-refractivity contribution in [2.75, 3.05) is 9.80 Å². The van der Waals surface area contributed by atoms with E-state index in [1.54, 1.807) is 0 Å². The second-order valence-electron chi connectivity index (χ2n) is 20.5. The van der Waals surface area contributed by atoms with Gasteiger partial charge in [-0.3, -0.25) is 0 Å². The van der Waals surface area contributed by atoms with E-state index >= 15 is 0 Å². The molecule has 0 fully saturated rings. The fraction of sp³-hybridized carbons (Fsp3) is 0.186. The Morgan fingerprint density at radius 3 is 1.61 bits per heavy atom. The van der Waals surface area contributed by atoms with Crippen molar-refractivity contribution in [3.8, 4) is 32.7 Å². The maximum atomic E-state index is 2.62. The first-order valence-corrected chi connectivity index (χ1v) is 24.3. The van der Waals surface area contributed by atoms with Crippen LogP contribution in [0, 0.1) is 0 Å². The second kappa shape index (κ2) is 13.9. The van der Waals surface area contributed by atoms with Crippen molar-refractivity contribution >= 4 is 88.6 Å². The van der Waals surface area contributed by atoms with Crippen molar-refractivity contribution in [3.63, 3.8) is 0 Å². The Kier molecular flexibility index (Phi) is 8.59.